The van der Waals surface area contributed by atoms with Crippen LogP contribution in [0.25, 0.3) is 207 Å². The Kier molecular flexibility index (Phi) is 22.4. The van der Waals surface area contributed by atoms with Crippen molar-refractivity contribution >= 4 is 219 Å². The number of unbranched alkanes of at least 4 members (excludes halogenated alkanes) is 1. The number of carboxylic acids is 1. The second-order valence-electron chi connectivity index (χ2n) is 35.8. The standard InChI is InChI=1S/C46H28O4.C46H26O2.C16H9BrO.C14H8O2.C4H9.C2H4O2.Li/c47-45(29-19-21-33-41(25-29)49-39-23-17-27-9-1-3-11-31(27)43(33)39)35-13-5-7-15-37(35)46(48,38-16-8-6-14-36(38)45)30-20-22-34-42(26-30)50-40-24-18-28-10-2-4-12-32(28)44(34)40;1-3-11-31-27(9-1)19-23-39-45(31)37-21-17-29(25-41(37)47-39)43-33-13-5-7-15-35(33)44(36-16-8-6-14-34(36)43)30-18-22-38-42(26-30)48-40-24-20-28-10-2-4-12-32(28)46(38)40;17-11-6-7-13-15(9-11)18-14-8-5-10-3-1-2-4-12(10)16(13)14;15-13-9-5-1-2-6-10(9)14(16)12-8-4-3-7-11(12)13;1-3-4-2;1-2(3)4;/h1-26,47-48H;1-26H;1-9H;1-8H;1,3-4H2,2H3;1H3,(H,3,4);/q;;;;-1;;+1. The van der Waals surface area contributed by atoms with Crippen LogP contribution in [-0.4, -0.2) is 32.9 Å². The predicted molar refractivity (Wildman–Crippen MR) is 574 cm³/mol. The van der Waals surface area contributed by atoms with E-state index in [0.717, 1.165) is 127 Å². The maximum atomic E-state index is 13.1. The van der Waals surface area contributed by atoms with Crippen LogP contribution in [0.4, 0.5) is 0 Å². The molecular formula is C128H84BrLiO11. The van der Waals surface area contributed by atoms with Crippen molar-refractivity contribution in [3.63, 3.8) is 0 Å². The summed E-state index contributed by atoms with van der Waals surface area (Å²) in [4.78, 5) is 33.2. The maximum absolute atomic E-state index is 13.1. The summed E-state index contributed by atoms with van der Waals surface area (Å²) < 4.78 is 32.9. The average Bonchev–Trinajstić information content (AvgIpc) is 1.51. The molecule has 5 heterocycles. The second-order valence-corrected chi connectivity index (χ2v) is 36.7. The van der Waals surface area contributed by atoms with Crippen molar-refractivity contribution in [2.24, 2.45) is 0 Å². The van der Waals surface area contributed by atoms with Gasteiger partial charge in [-0.2, -0.15) is 6.42 Å². The molecule has 0 saturated heterocycles. The number of furan rings is 5. The van der Waals surface area contributed by atoms with Gasteiger partial charge in [-0.05, 0) is 216 Å². The molecule has 11 nitrogen and oxygen atoms in total. The Labute approximate surface area is 828 Å². The minimum atomic E-state index is -1.57. The molecule has 0 bridgehead atoms. The molecule has 3 N–H and O–H groups in total. The normalized spacial score (nSPS) is 14.2. The zero-order valence-electron chi connectivity index (χ0n) is 76.9. The summed E-state index contributed by atoms with van der Waals surface area (Å²) in [5.74, 6) is -0.961. The first-order chi connectivity index (χ1) is 68.6. The van der Waals surface area contributed by atoms with Crippen molar-refractivity contribution in [3.05, 3.63) is 486 Å². The second kappa shape index (κ2) is 35.8. The van der Waals surface area contributed by atoms with E-state index in [-0.39, 0.29) is 30.4 Å². The number of halogens is 1. The first-order valence-corrected chi connectivity index (χ1v) is 47.6. The monoisotopic (exact) mass is 1880 g/mol. The molecule has 13 heteroatoms. The van der Waals surface area contributed by atoms with Gasteiger partial charge in [-0.15, -0.1) is 0 Å². The molecule has 27 aromatic rings. The van der Waals surface area contributed by atoms with Crippen LogP contribution in [-0.2, 0) is 16.0 Å². The Morgan fingerprint density at radius 2 is 0.496 bits per heavy atom. The van der Waals surface area contributed by atoms with Crippen LogP contribution in [0.15, 0.2) is 445 Å². The summed E-state index contributed by atoms with van der Waals surface area (Å²) in [6.07, 6.45) is 2.28. The number of carbonyl (C=O) groups is 3. The van der Waals surface area contributed by atoms with E-state index in [0.29, 0.717) is 66.8 Å². The number of carbonyl (C=O) groups excluding carboxylic acids is 2. The summed E-state index contributed by atoms with van der Waals surface area (Å²) >= 11 is 3.48. The van der Waals surface area contributed by atoms with E-state index in [1.807, 2.05) is 133 Å². The molecular weight excluding hydrogens is 1800 g/mol. The summed E-state index contributed by atoms with van der Waals surface area (Å²) in [6, 6.07) is 141. The molecule has 5 aromatic heterocycles. The first kappa shape index (κ1) is 88.4. The van der Waals surface area contributed by atoms with Gasteiger partial charge in [0.15, 0.2) is 11.6 Å². The quantitative estimate of drug-likeness (QED) is 0.0849. The summed E-state index contributed by atoms with van der Waals surface area (Å²) in [5.41, 5.74) is 15.9. The van der Waals surface area contributed by atoms with Crippen LogP contribution in [0, 0.1) is 6.92 Å². The van der Waals surface area contributed by atoms with Crippen molar-refractivity contribution in [3.8, 4) is 22.3 Å². The molecule has 670 valence electrons. The molecule has 0 atom stereocenters. The van der Waals surface area contributed by atoms with E-state index in [4.69, 9.17) is 32.0 Å². The Morgan fingerprint density at radius 3 is 0.766 bits per heavy atom. The van der Waals surface area contributed by atoms with E-state index in [9.17, 15) is 19.8 Å². The molecule has 0 saturated carbocycles. The Morgan fingerprint density at radius 1 is 0.277 bits per heavy atom. The molecule has 29 rings (SSSR count). The van der Waals surface area contributed by atoms with Gasteiger partial charge in [0.2, 0.25) is 0 Å². The number of fused-ring (bicyclic) bond motifs is 31. The van der Waals surface area contributed by atoms with E-state index < -0.39 is 17.2 Å². The zero-order chi connectivity index (χ0) is 94.8. The first-order valence-electron chi connectivity index (χ1n) is 46.8. The molecule has 141 heavy (non-hydrogen) atoms. The minimum absolute atomic E-state index is 0. The fourth-order valence-electron chi connectivity index (χ4n) is 21.4. The SMILES string of the molecule is Brc1ccc2c(c1)oc1ccc3ccccc3c12.CC(=O)O.O=C1c2ccccc2C(=O)c2ccccc21.OC1(c2ccc3c(c2)oc2ccc4ccccc4c23)c2ccccc2C(O)(c2ccc3c(c2)oc2ccc4ccccc4c23)c2ccccc21.[CH2-]CCC.[Li+].c1ccc2c(c1)ccc1oc3cc(-c4c5ccccc5c(-c5ccc6c(c5)oc5ccc7ccccc7c56)c5ccccc45)ccc3c12. The topological polar surface area (TPSA) is 178 Å². The van der Waals surface area contributed by atoms with E-state index in [1.165, 1.54) is 93.0 Å². The molecule has 0 radical (unpaired) electrons. The Bertz CT molecular complexity index is 9180. The fraction of sp³-hybridized carbons (Fsp3) is 0.0469. The Balaban J connectivity index is 0.000000111. The molecule has 22 aromatic carbocycles. The van der Waals surface area contributed by atoms with Crippen molar-refractivity contribution < 1.29 is 70.6 Å². The van der Waals surface area contributed by atoms with Crippen LogP contribution >= 0.6 is 15.9 Å². The van der Waals surface area contributed by atoms with E-state index in [2.05, 4.69) is 266 Å². The van der Waals surface area contributed by atoms with Crippen molar-refractivity contribution in [1.29, 1.82) is 0 Å². The largest absolute Gasteiger partial charge is 1.00 e. The van der Waals surface area contributed by atoms with Crippen LogP contribution in [0.5, 0.6) is 0 Å². The summed E-state index contributed by atoms with van der Waals surface area (Å²) in [7, 11) is 0. The van der Waals surface area contributed by atoms with Gasteiger partial charge >= 0.3 is 18.9 Å². The number of rotatable bonds is 5. The molecule has 2 aliphatic rings. The zero-order valence-corrected chi connectivity index (χ0v) is 78.5. The number of benzene rings is 22. The van der Waals surface area contributed by atoms with Crippen LogP contribution < -0.4 is 18.9 Å². The number of hydrogen-bond donors (Lipinski definition) is 3. The molecule has 2 aliphatic carbocycles. The van der Waals surface area contributed by atoms with E-state index >= 15 is 0 Å². The third kappa shape index (κ3) is 14.7. The van der Waals surface area contributed by atoms with Gasteiger partial charge in [-0.3, -0.25) is 14.4 Å². The van der Waals surface area contributed by atoms with Crippen LogP contribution in [0.3, 0.4) is 0 Å². The minimum Gasteiger partial charge on any atom is -0.481 e. The van der Waals surface area contributed by atoms with Gasteiger partial charge in [0.1, 0.15) is 67.0 Å². The Hall–Kier alpha value is -16.5. The van der Waals surface area contributed by atoms with Crippen molar-refractivity contribution in [1.82, 2.24) is 0 Å². The number of hydrogen-bond acceptors (Lipinski definition) is 10. The maximum Gasteiger partial charge on any atom is 1.00 e. The number of ketones is 2. The van der Waals surface area contributed by atoms with Crippen molar-refractivity contribution in [2.45, 2.75) is 37.9 Å². The molecule has 0 unspecified atom stereocenters. The molecule has 0 aliphatic heterocycles. The predicted octanol–water partition coefficient (Wildman–Crippen LogP) is 30.8. The van der Waals surface area contributed by atoms with Gasteiger partial charge in [0, 0.05) is 87.5 Å². The van der Waals surface area contributed by atoms with E-state index in [1.54, 1.807) is 48.5 Å². The third-order valence-corrected chi connectivity index (χ3v) is 28.2. The van der Waals surface area contributed by atoms with Gasteiger partial charge < -0.3 is 44.3 Å². The summed E-state index contributed by atoms with van der Waals surface area (Å²) in [6.45, 7) is 6.81. The smallest absolute Gasteiger partial charge is 0.481 e. The van der Waals surface area contributed by atoms with Gasteiger partial charge in [0.25, 0.3) is 5.97 Å². The van der Waals surface area contributed by atoms with Crippen molar-refractivity contribution in [2.75, 3.05) is 0 Å². The number of aliphatic carboxylic acids is 1. The van der Waals surface area contributed by atoms with Gasteiger partial charge in [-0.25, -0.2) is 0 Å². The summed E-state index contributed by atoms with van der Waals surface area (Å²) in [5, 5.41) is 61.5. The fourth-order valence-corrected chi connectivity index (χ4v) is 21.7. The number of carboxylic acid groups (broad SMARTS) is 1. The third-order valence-electron chi connectivity index (χ3n) is 27.7. The molecule has 0 spiro atoms. The molecule has 0 amide bonds. The van der Waals surface area contributed by atoms with Crippen LogP contribution in [0.2, 0.25) is 0 Å². The number of aliphatic hydroxyl groups is 2. The average molecular weight is 1880 g/mol. The van der Waals surface area contributed by atoms with Crippen LogP contribution in [0.1, 0.15) is 91.9 Å². The molecule has 0 fully saturated rings. The van der Waals surface area contributed by atoms with Gasteiger partial charge in [-0.1, -0.05) is 363 Å². The van der Waals surface area contributed by atoms with Gasteiger partial charge in [0.05, 0.1) is 0 Å².